The molecule has 2 heterocycles. The quantitative estimate of drug-likeness (QED) is 0.341. The Morgan fingerprint density at radius 2 is 1.76 bits per heavy atom. The third-order valence-electron chi connectivity index (χ3n) is 5.42. The summed E-state index contributed by atoms with van der Waals surface area (Å²) in [5.41, 5.74) is -0.274. The maximum absolute atomic E-state index is 12.9. The summed E-state index contributed by atoms with van der Waals surface area (Å²) in [7, 11) is 0. The molecule has 3 aromatic rings. The van der Waals surface area contributed by atoms with Gasteiger partial charge in [0.15, 0.2) is 0 Å². The molecule has 0 radical (unpaired) electrons. The van der Waals surface area contributed by atoms with Crippen molar-refractivity contribution in [1.82, 2.24) is 15.0 Å². The van der Waals surface area contributed by atoms with E-state index in [1.54, 1.807) is 12.4 Å². The van der Waals surface area contributed by atoms with Gasteiger partial charge in [-0.15, -0.1) is 0 Å². The van der Waals surface area contributed by atoms with Gasteiger partial charge in [-0.3, -0.25) is 20.2 Å². The van der Waals surface area contributed by atoms with Gasteiger partial charge in [0, 0.05) is 35.6 Å². The van der Waals surface area contributed by atoms with Crippen LogP contribution in [0.5, 0.6) is 0 Å². The predicted octanol–water partition coefficient (Wildman–Crippen LogP) is 5.86. The Balaban J connectivity index is 1.56. The van der Waals surface area contributed by atoms with Crippen LogP contribution in [0.1, 0.15) is 53.1 Å². The van der Waals surface area contributed by atoms with E-state index in [0.29, 0.717) is 12.1 Å². The topological polar surface area (TPSA) is 111 Å². The number of aromatic nitrogens is 3. The minimum Gasteiger partial charge on any atom is -0.290 e. The van der Waals surface area contributed by atoms with Gasteiger partial charge in [0.05, 0.1) is 16.1 Å². The van der Waals surface area contributed by atoms with E-state index in [-0.39, 0.29) is 27.1 Å². The van der Waals surface area contributed by atoms with Crippen LogP contribution in [0.25, 0.3) is 0 Å². The lowest BCUT2D eigenvalue weighted by Crippen LogP contribution is -2.15. The van der Waals surface area contributed by atoms with E-state index in [9.17, 15) is 28.1 Å². The highest BCUT2D eigenvalue weighted by molar-refractivity contribution is 7.99. The third-order valence-corrected chi connectivity index (χ3v) is 6.45. The largest absolute Gasteiger partial charge is 0.417 e. The van der Waals surface area contributed by atoms with Crippen molar-refractivity contribution in [3.63, 3.8) is 0 Å². The summed E-state index contributed by atoms with van der Waals surface area (Å²) in [6.45, 7) is 0. The number of halogens is 3. The van der Waals surface area contributed by atoms with Gasteiger partial charge in [0.25, 0.3) is 11.6 Å². The zero-order valence-electron chi connectivity index (χ0n) is 17.6. The van der Waals surface area contributed by atoms with Gasteiger partial charge in [-0.05, 0) is 42.5 Å². The van der Waals surface area contributed by atoms with E-state index in [4.69, 9.17) is 0 Å². The maximum Gasteiger partial charge on any atom is 0.417 e. The minimum absolute atomic E-state index is 0.0434. The first-order chi connectivity index (χ1) is 16.2. The number of nitro benzene ring substituents is 1. The highest BCUT2D eigenvalue weighted by Gasteiger charge is 2.30. The van der Waals surface area contributed by atoms with Crippen molar-refractivity contribution >= 4 is 29.3 Å². The summed E-state index contributed by atoms with van der Waals surface area (Å²) >= 11 is 0.909. The van der Waals surface area contributed by atoms with Crippen LogP contribution in [-0.2, 0) is 6.18 Å². The van der Waals surface area contributed by atoms with Gasteiger partial charge in [-0.25, -0.2) is 15.0 Å². The Kier molecular flexibility index (Phi) is 6.77. The number of hydrogen-bond donors (Lipinski definition) is 1. The molecule has 12 heteroatoms. The lowest BCUT2D eigenvalue weighted by Gasteiger charge is -2.11. The number of amides is 1. The molecule has 0 atom stereocenters. The summed E-state index contributed by atoms with van der Waals surface area (Å²) in [6.07, 6.45) is 3.94. The Hall–Kier alpha value is -3.54. The smallest absolute Gasteiger partial charge is 0.290 e. The third kappa shape index (κ3) is 5.50. The average Bonchev–Trinajstić information content (AvgIpc) is 3.34. The van der Waals surface area contributed by atoms with Crippen LogP contribution < -0.4 is 5.32 Å². The predicted molar refractivity (Wildman–Crippen MR) is 118 cm³/mol. The van der Waals surface area contributed by atoms with Crippen LogP contribution in [0, 0.1) is 10.1 Å². The number of alkyl halides is 3. The molecule has 0 bridgehead atoms. The highest BCUT2D eigenvalue weighted by Crippen LogP contribution is 2.35. The van der Waals surface area contributed by atoms with Crippen molar-refractivity contribution in [1.29, 1.82) is 0 Å². The van der Waals surface area contributed by atoms with Crippen molar-refractivity contribution in [2.24, 2.45) is 0 Å². The number of rotatable bonds is 6. The summed E-state index contributed by atoms with van der Waals surface area (Å²) in [6, 6.07) is 5.69. The van der Waals surface area contributed by atoms with Crippen molar-refractivity contribution in [2.45, 2.75) is 47.7 Å². The molecule has 0 spiro atoms. The van der Waals surface area contributed by atoms with Gasteiger partial charge < -0.3 is 0 Å². The highest BCUT2D eigenvalue weighted by atomic mass is 32.2. The molecule has 1 aliphatic rings. The van der Waals surface area contributed by atoms with Crippen LogP contribution >= 0.6 is 11.8 Å². The second kappa shape index (κ2) is 9.75. The molecule has 0 aliphatic heterocycles. The second-order valence-electron chi connectivity index (χ2n) is 7.70. The standard InChI is InChI=1S/C22H18F3N5O3S/c23-22(24,25)15-5-8-19(26-12-15)34-18-7-6-16(30(32)33)9-17(18)20(31)29-21-27-10-14(11-28-21)13-3-1-2-4-13/h5-13H,1-4H2,(H,27,28,29,31). The Morgan fingerprint density at radius 1 is 1.06 bits per heavy atom. The molecule has 1 N–H and O–H groups in total. The molecule has 1 aromatic carbocycles. The summed E-state index contributed by atoms with van der Waals surface area (Å²) < 4.78 is 38.3. The molecule has 2 aromatic heterocycles. The normalized spacial score (nSPS) is 14.2. The molecular weight excluding hydrogens is 471 g/mol. The van der Waals surface area contributed by atoms with E-state index in [0.717, 1.165) is 55.1 Å². The van der Waals surface area contributed by atoms with Gasteiger partial charge >= 0.3 is 6.18 Å². The van der Waals surface area contributed by atoms with E-state index < -0.39 is 22.6 Å². The van der Waals surface area contributed by atoms with Crippen LogP contribution in [0.3, 0.4) is 0 Å². The van der Waals surface area contributed by atoms with Crippen LogP contribution in [-0.4, -0.2) is 25.8 Å². The van der Waals surface area contributed by atoms with Crippen LogP contribution in [0.15, 0.2) is 58.8 Å². The molecule has 0 saturated heterocycles. The number of nitro groups is 1. The Morgan fingerprint density at radius 3 is 2.35 bits per heavy atom. The lowest BCUT2D eigenvalue weighted by molar-refractivity contribution is -0.384. The van der Waals surface area contributed by atoms with Crippen molar-refractivity contribution in [3.8, 4) is 0 Å². The van der Waals surface area contributed by atoms with Gasteiger partial charge in [-0.1, -0.05) is 24.6 Å². The van der Waals surface area contributed by atoms with E-state index >= 15 is 0 Å². The molecule has 1 amide bonds. The number of non-ortho nitro benzene ring substituents is 1. The second-order valence-corrected chi connectivity index (χ2v) is 8.76. The summed E-state index contributed by atoms with van der Waals surface area (Å²) in [4.78, 5) is 35.9. The van der Waals surface area contributed by atoms with Crippen molar-refractivity contribution in [3.05, 3.63) is 75.7 Å². The van der Waals surface area contributed by atoms with Crippen LogP contribution in [0.2, 0.25) is 0 Å². The molecule has 176 valence electrons. The fourth-order valence-electron chi connectivity index (χ4n) is 3.66. The van der Waals surface area contributed by atoms with E-state index in [2.05, 4.69) is 20.3 Å². The number of nitrogens with one attached hydrogen (secondary N) is 1. The maximum atomic E-state index is 12.9. The fourth-order valence-corrected chi connectivity index (χ4v) is 4.52. The van der Waals surface area contributed by atoms with Gasteiger partial charge in [0.2, 0.25) is 5.95 Å². The number of pyridine rings is 1. The molecule has 0 unspecified atom stereocenters. The molecule has 1 aliphatic carbocycles. The molecule has 8 nitrogen and oxygen atoms in total. The number of carbonyl (C=O) groups is 1. The fraction of sp³-hybridized carbons (Fsp3) is 0.273. The zero-order valence-corrected chi connectivity index (χ0v) is 18.4. The molecule has 34 heavy (non-hydrogen) atoms. The van der Waals surface area contributed by atoms with Gasteiger partial charge in [0.1, 0.15) is 5.03 Å². The molecule has 1 saturated carbocycles. The Labute approximate surface area is 196 Å². The number of anilines is 1. The van der Waals surface area contributed by atoms with Crippen molar-refractivity contribution in [2.75, 3.05) is 5.32 Å². The molecule has 4 rings (SSSR count). The SMILES string of the molecule is O=C(Nc1ncc(C2CCCC2)cn1)c1cc([N+](=O)[O-])ccc1Sc1ccc(C(F)(F)F)cn1. The zero-order chi connectivity index (χ0) is 24.3. The number of carbonyl (C=O) groups excluding carboxylic acids is 1. The van der Waals surface area contributed by atoms with Gasteiger partial charge in [-0.2, -0.15) is 13.2 Å². The first-order valence-electron chi connectivity index (χ1n) is 10.3. The summed E-state index contributed by atoms with van der Waals surface area (Å²) in [5.74, 6) is -0.241. The first kappa shape index (κ1) is 23.6. The Bertz CT molecular complexity index is 1200. The van der Waals surface area contributed by atoms with Crippen molar-refractivity contribution < 1.29 is 22.9 Å². The number of nitrogens with zero attached hydrogens (tertiary/aromatic N) is 4. The van der Waals surface area contributed by atoms with E-state index in [1.165, 1.54) is 18.2 Å². The number of benzene rings is 1. The number of hydrogen-bond acceptors (Lipinski definition) is 7. The first-order valence-corrected chi connectivity index (χ1v) is 11.1. The summed E-state index contributed by atoms with van der Waals surface area (Å²) in [5, 5.41) is 13.9. The lowest BCUT2D eigenvalue weighted by atomic mass is 10.0. The molecular formula is C22H18F3N5O3S. The van der Waals surface area contributed by atoms with E-state index in [1.807, 2.05) is 0 Å². The monoisotopic (exact) mass is 489 g/mol. The minimum atomic E-state index is -4.53. The average molecular weight is 489 g/mol. The van der Waals surface area contributed by atoms with Crippen LogP contribution in [0.4, 0.5) is 24.8 Å². The molecule has 1 fully saturated rings.